The molecule has 0 aliphatic heterocycles. The molecule has 0 fully saturated rings. The van der Waals surface area contributed by atoms with Crippen LogP contribution in [0.5, 0.6) is 0 Å². The van der Waals surface area contributed by atoms with Gasteiger partial charge in [-0.25, -0.2) is 4.98 Å². The lowest BCUT2D eigenvalue weighted by Crippen LogP contribution is -2.36. The molecule has 0 aliphatic rings. The highest BCUT2D eigenvalue weighted by Crippen LogP contribution is 2.31. The van der Waals surface area contributed by atoms with E-state index in [1.54, 1.807) is 12.3 Å². The van der Waals surface area contributed by atoms with E-state index in [0.717, 1.165) is 12.1 Å². The number of hydrogen-bond acceptors (Lipinski definition) is 4. The summed E-state index contributed by atoms with van der Waals surface area (Å²) < 4.78 is 37.6. The first kappa shape index (κ1) is 17.4. The largest absolute Gasteiger partial charge is 0.416 e. The number of halogens is 3. The van der Waals surface area contributed by atoms with Crippen molar-refractivity contribution in [3.05, 3.63) is 40.9 Å². The summed E-state index contributed by atoms with van der Waals surface area (Å²) in [6, 6.07) is 4.40. The van der Waals surface area contributed by atoms with Crippen LogP contribution in [0.2, 0.25) is 0 Å². The molecule has 1 aromatic carbocycles. The fourth-order valence-corrected chi connectivity index (χ4v) is 2.68. The minimum absolute atomic E-state index is 0.0570. The van der Waals surface area contributed by atoms with Gasteiger partial charge in [-0.3, -0.25) is 4.79 Å². The standard InChI is InChI=1S/C15H15F3N2O2S/c1-9(7-21)19-13(22)6-12-8-23-14(20-12)10-2-4-11(5-3-10)15(16,17)18/h2-5,8-9,21H,6-7H2,1H3,(H,19,22)/t9-/m0/s1. The molecule has 0 bridgehead atoms. The van der Waals surface area contributed by atoms with E-state index in [9.17, 15) is 18.0 Å². The number of thiazole rings is 1. The van der Waals surface area contributed by atoms with Crippen LogP contribution >= 0.6 is 11.3 Å². The number of hydrogen-bond donors (Lipinski definition) is 2. The topological polar surface area (TPSA) is 62.2 Å². The molecule has 1 amide bonds. The van der Waals surface area contributed by atoms with Gasteiger partial charge in [0, 0.05) is 17.0 Å². The van der Waals surface area contributed by atoms with Crippen LogP contribution in [0.25, 0.3) is 10.6 Å². The monoisotopic (exact) mass is 344 g/mol. The molecule has 0 unspecified atom stereocenters. The Bertz CT molecular complexity index is 668. The lowest BCUT2D eigenvalue weighted by molar-refractivity contribution is -0.137. The molecule has 8 heteroatoms. The number of nitrogens with one attached hydrogen (secondary N) is 1. The Morgan fingerprint density at radius 1 is 1.35 bits per heavy atom. The van der Waals surface area contributed by atoms with Gasteiger partial charge in [-0.1, -0.05) is 12.1 Å². The van der Waals surface area contributed by atoms with Crippen molar-refractivity contribution < 1.29 is 23.1 Å². The number of aliphatic hydroxyl groups excluding tert-OH is 1. The number of carbonyl (C=O) groups excluding carboxylic acids is 1. The molecular weight excluding hydrogens is 329 g/mol. The van der Waals surface area contributed by atoms with E-state index in [1.165, 1.54) is 23.5 Å². The van der Waals surface area contributed by atoms with Crippen molar-refractivity contribution in [2.24, 2.45) is 0 Å². The SMILES string of the molecule is C[C@@H](CO)NC(=O)Cc1csc(-c2ccc(C(F)(F)F)cc2)n1. The van der Waals surface area contributed by atoms with E-state index < -0.39 is 11.7 Å². The smallest absolute Gasteiger partial charge is 0.394 e. The highest BCUT2D eigenvalue weighted by atomic mass is 32.1. The van der Waals surface area contributed by atoms with Crippen LogP contribution in [0.3, 0.4) is 0 Å². The van der Waals surface area contributed by atoms with Crippen LogP contribution in [-0.2, 0) is 17.4 Å². The Kier molecular flexibility index (Phi) is 5.38. The van der Waals surface area contributed by atoms with Gasteiger partial charge in [0.25, 0.3) is 0 Å². The van der Waals surface area contributed by atoms with Gasteiger partial charge in [0.1, 0.15) is 5.01 Å². The second-order valence-corrected chi connectivity index (χ2v) is 5.91. The molecule has 0 saturated carbocycles. The molecule has 23 heavy (non-hydrogen) atoms. The third-order valence-electron chi connectivity index (χ3n) is 3.03. The third kappa shape index (κ3) is 4.77. The number of amides is 1. The second kappa shape index (κ2) is 7.10. The van der Waals surface area contributed by atoms with Gasteiger partial charge in [-0.2, -0.15) is 13.2 Å². The van der Waals surface area contributed by atoms with Crippen molar-refractivity contribution in [2.75, 3.05) is 6.61 Å². The molecule has 2 rings (SSSR count). The maximum Gasteiger partial charge on any atom is 0.416 e. The summed E-state index contributed by atoms with van der Waals surface area (Å²) in [7, 11) is 0. The van der Waals surface area contributed by atoms with E-state index in [0.29, 0.717) is 16.3 Å². The number of aromatic nitrogens is 1. The van der Waals surface area contributed by atoms with Gasteiger partial charge >= 0.3 is 6.18 Å². The minimum Gasteiger partial charge on any atom is -0.394 e. The molecule has 124 valence electrons. The summed E-state index contributed by atoms with van der Waals surface area (Å²) in [6.07, 6.45) is -4.31. The molecule has 1 aromatic heterocycles. The molecule has 0 radical (unpaired) electrons. The molecule has 0 aliphatic carbocycles. The van der Waals surface area contributed by atoms with Crippen LogP contribution in [0.1, 0.15) is 18.2 Å². The van der Waals surface area contributed by atoms with Crippen LogP contribution < -0.4 is 5.32 Å². The van der Waals surface area contributed by atoms with Gasteiger partial charge in [0.15, 0.2) is 0 Å². The van der Waals surface area contributed by atoms with Crippen molar-refractivity contribution >= 4 is 17.2 Å². The number of benzene rings is 1. The predicted molar refractivity (Wildman–Crippen MR) is 80.9 cm³/mol. The normalized spacial score (nSPS) is 12.9. The van der Waals surface area contributed by atoms with Gasteiger partial charge in [-0.05, 0) is 19.1 Å². The highest BCUT2D eigenvalue weighted by Gasteiger charge is 2.30. The summed E-state index contributed by atoms with van der Waals surface area (Å²) >= 11 is 1.26. The van der Waals surface area contributed by atoms with Crippen LogP contribution in [-0.4, -0.2) is 28.6 Å². The Balaban J connectivity index is 2.06. The molecule has 1 heterocycles. The van der Waals surface area contributed by atoms with Crippen LogP contribution in [0, 0.1) is 0 Å². The van der Waals surface area contributed by atoms with E-state index in [2.05, 4.69) is 10.3 Å². The average molecular weight is 344 g/mol. The zero-order chi connectivity index (χ0) is 17.0. The second-order valence-electron chi connectivity index (χ2n) is 5.05. The third-order valence-corrected chi connectivity index (χ3v) is 3.97. The van der Waals surface area contributed by atoms with Gasteiger partial charge < -0.3 is 10.4 Å². The maximum absolute atomic E-state index is 12.5. The van der Waals surface area contributed by atoms with E-state index in [1.807, 2.05) is 0 Å². The van der Waals surface area contributed by atoms with E-state index in [-0.39, 0.29) is 25.0 Å². The Hall–Kier alpha value is -1.93. The summed E-state index contributed by atoms with van der Waals surface area (Å²) in [4.78, 5) is 16.0. The molecule has 2 aromatic rings. The minimum atomic E-state index is -4.37. The molecular formula is C15H15F3N2O2S. The number of carbonyl (C=O) groups is 1. The summed E-state index contributed by atoms with van der Waals surface area (Å²) in [5, 5.41) is 13.7. The van der Waals surface area contributed by atoms with Gasteiger partial charge in [0.2, 0.25) is 5.91 Å². The predicted octanol–water partition coefficient (Wildman–Crippen LogP) is 2.87. The van der Waals surface area contributed by atoms with Crippen molar-refractivity contribution in [1.29, 1.82) is 0 Å². The zero-order valence-corrected chi connectivity index (χ0v) is 13.0. The van der Waals surface area contributed by atoms with Crippen molar-refractivity contribution in [2.45, 2.75) is 25.6 Å². The molecule has 2 N–H and O–H groups in total. The fraction of sp³-hybridized carbons (Fsp3) is 0.333. The van der Waals surface area contributed by atoms with Gasteiger partial charge in [-0.15, -0.1) is 11.3 Å². The number of rotatable bonds is 5. The van der Waals surface area contributed by atoms with Crippen molar-refractivity contribution in [1.82, 2.24) is 10.3 Å². The molecule has 1 atom stereocenters. The average Bonchev–Trinajstić information content (AvgIpc) is 2.94. The van der Waals surface area contributed by atoms with Gasteiger partial charge in [0.05, 0.1) is 24.3 Å². The lowest BCUT2D eigenvalue weighted by atomic mass is 10.1. The summed E-state index contributed by atoms with van der Waals surface area (Å²) in [5.41, 5.74) is 0.390. The first-order valence-corrected chi connectivity index (χ1v) is 7.70. The van der Waals surface area contributed by atoms with Crippen LogP contribution in [0.4, 0.5) is 13.2 Å². The number of nitrogens with zero attached hydrogens (tertiary/aromatic N) is 1. The lowest BCUT2D eigenvalue weighted by Gasteiger charge is -2.09. The fourth-order valence-electron chi connectivity index (χ4n) is 1.86. The van der Waals surface area contributed by atoms with Crippen molar-refractivity contribution in [3.63, 3.8) is 0 Å². The summed E-state index contributed by atoms with van der Waals surface area (Å²) in [6.45, 7) is 1.52. The Morgan fingerprint density at radius 2 is 2.00 bits per heavy atom. The highest BCUT2D eigenvalue weighted by molar-refractivity contribution is 7.13. The zero-order valence-electron chi connectivity index (χ0n) is 12.2. The number of aliphatic hydroxyl groups is 1. The van der Waals surface area contributed by atoms with Crippen molar-refractivity contribution in [3.8, 4) is 10.6 Å². The summed E-state index contributed by atoms with van der Waals surface area (Å²) in [5.74, 6) is -0.268. The quantitative estimate of drug-likeness (QED) is 0.877. The van der Waals surface area contributed by atoms with E-state index in [4.69, 9.17) is 5.11 Å². The first-order chi connectivity index (χ1) is 10.8. The number of alkyl halides is 3. The Labute approximate surface area is 135 Å². The Morgan fingerprint density at radius 3 is 2.57 bits per heavy atom. The molecule has 0 saturated heterocycles. The molecule has 0 spiro atoms. The van der Waals surface area contributed by atoms with Crippen LogP contribution in [0.15, 0.2) is 29.6 Å². The maximum atomic E-state index is 12.5. The molecule has 4 nitrogen and oxygen atoms in total. The van der Waals surface area contributed by atoms with E-state index >= 15 is 0 Å². The first-order valence-electron chi connectivity index (χ1n) is 6.82.